The molecule has 0 aliphatic heterocycles. The standard InChI is InChI=1S/C27H32ClNO3/c1-5-7-8-9-14-29-25(30)15-18(3)22-16-23-24(20-10-12-21(28)13-11-20)17-32-27(23)19(4)26(22)31-6-2/h10-13,15-17H,5-9,14H2,1-4H3,(H,29,30)/b18-15+. The van der Waals surface area contributed by atoms with Crippen molar-refractivity contribution in [2.24, 2.45) is 0 Å². The number of allylic oxidation sites excluding steroid dienone is 1. The van der Waals surface area contributed by atoms with E-state index in [0.29, 0.717) is 18.2 Å². The van der Waals surface area contributed by atoms with Gasteiger partial charge in [0.05, 0.1) is 12.9 Å². The Balaban J connectivity index is 1.97. The Hall–Kier alpha value is -2.72. The van der Waals surface area contributed by atoms with Crippen molar-refractivity contribution in [2.45, 2.75) is 53.4 Å². The topological polar surface area (TPSA) is 51.5 Å². The van der Waals surface area contributed by atoms with E-state index in [9.17, 15) is 4.79 Å². The summed E-state index contributed by atoms with van der Waals surface area (Å²) in [5.74, 6) is 0.672. The van der Waals surface area contributed by atoms with Crippen LogP contribution in [0.2, 0.25) is 5.02 Å². The molecule has 1 heterocycles. The minimum atomic E-state index is -0.0793. The van der Waals surface area contributed by atoms with Gasteiger partial charge in [0.2, 0.25) is 5.91 Å². The Labute approximate surface area is 195 Å². The van der Waals surface area contributed by atoms with Crippen LogP contribution in [-0.4, -0.2) is 19.1 Å². The lowest BCUT2D eigenvalue weighted by molar-refractivity contribution is -0.116. The maximum atomic E-state index is 12.5. The van der Waals surface area contributed by atoms with Crippen molar-refractivity contribution >= 4 is 34.1 Å². The van der Waals surface area contributed by atoms with Crippen LogP contribution in [0.5, 0.6) is 5.75 Å². The third-order valence-corrected chi connectivity index (χ3v) is 5.84. The lowest BCUT2D eigenvalue weighted by Crippen LogP contribution is -2.22. The smallest absolute Gasteiger partial charge is 0.244 e. The van der Waals surface area contributed by atoms with E-state index in [1.165, 1.54) is 12.8 Å². The van der Waals surface area contributed by atoms with Crippen LogP contribution in [0.1, 0.15) is 57.6 Å². The first-order chi connectivity index (χ1) is 15.5. The number of fused-ring (bicyclic) bond motifs is 1. The summed E-state index contributed by atoms with van der Waals surface area (Å²) < 4.78 is 11.9. The van der Waals surface area contributed by atoms with Crippen LogP contribution in [-0.2, 0) is 4.79 Å². The first kappa shape index (κ1) is 23.9. The van der Waals surface area contributed by atoms with Crippen LogP contribution in [0.4, 0.5) is 0 Å². The Kier molecular flexibility index (Phi) is 8.40. The number of hydrogen-bond acceptors (Lipinski definition) is 3. The maximum Gasteiger partial charge on any atom is 0.244 e. The summed E-state index contributed by atoms with van der Waals surface area (Å²) in [6, 6.07) is 9.75. The van der Waals surface area contributed by atoms with Crippen LogP contribution in [0.25, 0.3) is 27.7 Å². The second-order valence-corrected chi connectivity index (χ2v) is 8.46. The summed E-state index contributed by atoms with van der Waals surface area (Å²) in [5.41, 5.74) is 5.47. The number of carbonyl (C=O) groups is 1. The van der Waals surface area contributed by atoms with Crippen molar-refractivity contribution < 1.29 is 13.9 Å². The number of furan rings is 1. The third-order valence-electron chi connectivity index (χ3n) is 5.59. The van der Waals surface area contributed by atoms with Gasteiger partial charge >= 0.3 is 0 Å². The zero-order chi connectivity index (χ0) is 23.1. The van der Waals surface area contributed by atoms with E-state index in [-0.39, 0.29) is 5.91 Å². The fourth-order valence-corrected chi connectivity index (χ4v) is 4.01. The van der Waals surface area contributed by atoms with Gasteiger partial charge in [-0.05, 0) is 56.5 Å². The maximum absolute atomic E-state index is 12.5. The number of unbranched alkanes of at least 4 members (excludes halogenated alkanes) is 3. The zero-order valence-electron chi connectivity index (χ0n) is 19.4. The number of carbonyl (C=O) groups excluding carboxylic acids is 1. The van der Waals surface area contributed by atoms with Crippen molar-refractivity contribution in [1.82, 2.24) is 5.32 Å². The highest BCUT2D eigenvalue weighted by molar-refractivity contribution is 6.30. The van der Waals surface area contributed by atoms with Crippen molar-refractivity contribution in [3.05, 3.63) is 58.8 Å². The molecule has 5 heteroatoms. The molecule has 0 spiro atoms. The number of rotatable bonds is 10. The number of benzene rings is 2. The third kappa shape index (κ3) is 5.55. The van der Waals surface area contributed by atoms with E-state index in [2.05, 4.69) is 18.3 Å². The fourth-order valence-electron chi connectivity index (χ4n) is 3.88. The van der Waals surface area contributed by atoms with Crippen molar-refractivity contribution in [3.8, 4) is 16.9 Å². The molecule has 32 heavy (non-hydrogen) atoms. The predicted molar refractivity (Wildman–Crippen MR) is 133 cm³/mol. The number of aryl methyl sites for hydroxylation is 1. The summed E-state index contributed by atoms with van der Waals surface area (Å²) in [4.78, 5) is 12.5. The molecule has 0 radical (unpaired) electrons. The Morgan fingerprint density at radius 3 is 2.59 bits per heavy atom. The van der Waals surface area contributed by atoms with Gasteiger partial charge in [-0.1, -0.05) is 49.9 Å². The van der Waals surface area contributed by atoms with Crippen molar-refractivity contribution in [1.29, 1.82) is 0 Å². The highest BCUT2D eigenvalue weighted by atomic mass is 35.5. The number of amides is 1. The molecule has 3 aromatic rings. The van der Waals surface area contributed by atoms with E-state index in [1.807, 2.05) is 45.0 Å². The summed E-state index contributed by atoms with van der Waals surface area (Å²) in [7, 11) is 0. The minimum Gasteiger partial charge on any atom is -0.493 e. The summed E-state index contributed by atoms with van der Waals surface area (Å²) in [5, 5.41) is 4.67. The van der Waals surface area contributed by atoms with Crippen molar-refractivity contribution in [3.63, 3.8) is 0 Å². The van der Waals surface area contributed by atoms with E-state index < -0.39 is 0 Å². The highest BCUT2D eigenvalue weighted by Crippen LogP contribution is 2.40. The van der Waals surface area contributed by atoms with Crippen LogP contribution >= 0.6 is 11.6 Å². The van der Waals surface area contributed by atoms with Crippen LogP contribution < -0.4 is 10.1 Å². The summed E-state index contributed by atoms with van der Waals surface area (Å²) in [6.45, 7) is 9.30. The van der Waals surface area contributed by atoms with Gasteiger partial charge in [0.15, 0.2) is 0 Å². The quantitative estimate of drug-likeness (QED) is 0.254. The number of nitrogens with one attached hydrogen (secondary N) is 1. The van der Waals surface area contributed by atoms with Crippen molar-refractivity contribution in [2.75, 3.05) is 13.2 Å². The molecule has 3 rings (SSSR count). The molecule has 170 valence electrons. The van der Waals surface area contributed by atoms with Gasteiger partial charge in [0.1, 0.15) is 11.3 Å². The lowest BCUT2D eigenvalue weighted by Gasteiger charge is -2.15. The molecule has 0 aliphatic carbocycles. The average Bonchev–Trinajstić information content (AvgIpc) is 3.20. The minimum absolute atomic E-state index is 0.0793. The monoisotopic (exact) mass is 453 g/mol. The molecular formula is C27H32ClNO3. The van der Waals surface area contributed by atoms with Crippen LogP contribution in [0.15, 0.2) is 47.1 Å². The largest absolute Gasteiger partial charge is 0.493 e. The summed E-state index contributed by atoms with van der Waals surface area (Å²) in [6.07, 6.45) is 7.94. The van der Waals surface area contributed by atoms with Gasteiger partial charge in [0, 0.05) is 39.7 Å². The Morgan fingerprint density at radius 2 is 1.91 bits per heavy atom. The SMILES string of the molecule is CCCCCCNC(=O)/C=C(\C)c1cc2c(-c3ccc(Cl)cc3)coc2c(C)c1OCC. The van der Waals surface area contributed by atoms with E-state index >= 15 is 0 Å². The summed E-state index contributed by atoms with van der Waals surface area (Å²) >= 11 is 6.06. The van der Waals surface area contributed by atoms with E-state index in [4.69, 9.17) is 20.8 Å². The Morgan fingerprint density at radius 1 is 1.16 bits per heavy atom. The van der Waals surface area contributed by atoms with Gasteiger partial charge < -0.3 is 14.5 Å². The van der Waals surface area contributed by atoms with Crippen LogP contribution in [0.3, 0.4) is 0 Å². The zero-order valence-corrected chi connectivity index (χ0v) is 20.1. The second-order valence-electron chi connectivity index (χ2n) is 8.02. The van der Waals surface area contributed by atoms with Gasteiger partial charge in [-0.25, -0.2) is 0 Å². The van der Waals surface area contributed by atoms with Gasteiger partial charge in [-0.3, -0.25) is 4.79 Å². The fraction of sp³-hybridized carbons (Fsp3) is 0.370. The molecule has 1 N–H and O–H groups in total. The normalized spacial score (nSPS) is 11.7. The molecule has 4 nitrogen and oxygen atoms in total. The molecular weight excluding hydrogens is 422 g/mol. The van der Waals surface area contributed by atoms with Gasteiger partial charge in [-0.15, -0.1) is 0 Å². The second kappa shape index (κ2) is 11.2. The molecule has 2 aromatic carbocycles. The number of ether oxygens (including phenoxy) is 1. The Bertz CT molecular complexity index is 1100. The van der Waals surface area contributed by atoms with Crippen LogP contribution in [0, 0.1) is 6.92 Å². The number of hydrogen-bond donors (Lipinski definition) is 1. The van der Waals surface area contributed by atoms with Gasteiger partial charge in [-0.2, -0.15) is 0 Å². The first-order valence-corrected chi connectivity index (χ1v) is 11.7. The molecule has 0 saturated carbocycles. The average molecular weight is 454 g/mol. The molecule has 1 aromatic heterocycles. The highest BCUT2D eigenvalue weighted by Gasteiger charge is 2.19. The molecule has 0 aliphatic rings. The lowest BCUT2D eigenvalue weighted by atomic mass is 9.96. The molecule has 0 bridgehead atoms. The predicted octanol–water partition coefficient (Wildman–Crippen LogP) is 7.56. The van der Waals surface area contributed by atoms with Gasteiger partial charge in [0.25, 0.3) is 0 Å². The van der Waals surface area contributed by atoms with E-state index in [1.54, 1.807) is 12.3 Å². The molecule has 0 atom stereocenters. The molecule has 0 fully saturated rings. The molecule has 0 unspecified atom stereocenters. The number of halogens is 1. The first-order valence-electron chi connectivity index (χ1n) is 11.4. The molecule has 0 saturated heterocycles. The molecule has 1 amide bonds. The van der Waals surface area contributed by atoms with E-state index in [0.717, 1.165) is 57.4 Å².